The van der Waals surface area contributed by atoms with Crippen molar-refractivity contribution in [3.8, 4) is 0 Å². The molecule has 5 N–H and O–H groups in total. The molecule has 0 amide bonds. The number of primary sulfonamides is 1. The second-order valence-corrected chi connectivity index (χ2v) is 5.61. The summed E-state index contributed by atoms with van der Waals surface area (Å²) in [6.07, 6.45) is 0. The molecule has 0 spiro atoms. The summed E-state index contributed by atoms with van der Waals surface area (Å²) in [4.78, 5) is -0.184. The van der Waals surface area contributed by atoms with Crippen molar-refractivity contribution in [2.24, 2.45) is 10.9 Å². The van der Waals surface area contributed by atoms with E-state index in [2.05, 4.69) is 17.5 Å². The van der Waals surface area contributed by atoms with E-state index in [0.29, 0.717) is 0 Å². The topological polar surface area (TPSA) is 98.2 Å². The van der Waals surface area contributed by atoms with Gasteiger partial charge in [-0.2, -0.15) is 0 Å². The largest absolute Gasteiger partial charge is 0.376 e. The van der Waals surface area contributed by atoms with Gasteiger partial charge in [-0.1, -0.05) is 23.2 Å². The predicted octanol–water partition coefficient (Wildman–Crippen LogP) is 1.30. The lowest BCUT2D eigenvalue weighted by Crippen LogP contribution is -2.20. The van der Waals surface area contributed by atoms with E-state index >= 15 is 0 Å². The molecule has 0 heterocycles. The van der Waals surface area contributed by atoms with Crippen molar-refractivity contribution in [1.29, 1.82) is 0 Å². The SMILES string of the molecule is NC(=S)Nc1c(Cl)cc(S(N)(=O)=O)cc1Cl. The summed E-state index contributed by atoms with van der Waals surface area (Å²) in [7, 11) is -3.85. The fraction of sp³-hybridized carbons (Fsp3) is 0. The third-order valence-electron chi connectivity index (χ3n) is 1.59. The summed E-state index contributed by atoms with van der Waals surface area (Å²) in [5, 5.41) is 7.54. The van der Waals surface area contributed by atoms with Gasteiger partial charge >= 0.3 is 0 Å². The highest BCUT2D eigenvalue weighted by atomic mass is 35.5. The average molecular weight is 300 g/mol. The van der Waals surface area contributed by atoms with Crippen molar-refractivity contribution in [1.82, 2.24) is 0 Å². The molecular formula is C7H7Cl2N3O2S2. The Labute approximate surface area is 108 Å². The number of nitrogens with two attached hydrogens (primary N) is 2. The molecule has 88 valence electrons. The van der Waals surface area contributed by atoms with Crippen LogP contribution in [0.5, 0.6) is 0 Å². The first kappa shape index (κ1) is 13.5. The van der Waals surface area contributed by atoms with Crippen molar-refractivity contribution >= 4 is 56.2 Å². The Morgan fingerprint density at radius 3 is 2.06 bits per heavy atom. The van der Waals surface area contributed by atoms with E-state index < -0.39 is 10.0 Å². The van der Waals surface area contributed by atoms with E-state index in [1.165, 1.54) is 0 Å². The maximum Gasteiger partial charge on any atom is 0.238 e. The van der Waals surface area contributed by atoms with Gasteiger partial charge in [-0.15, -0.1) is 0 Å². The van der Waals surface area contributed by atoms with Crippen LogP contribution >= 0.6 is 35.4 Å². The second kappa shape index (κ2) is 4.72. The van der Waals surface area contributed by atoms with Gasteiger partial charge in [0.1, 0.15) is 0 Å². The molecule has 0 unspecified atom stereocenters. The molecular weight excluding hydrogens is 293 g/mol. The monoisotopic (exact) mass is 299 g/mol. The highest BCUT2D eigenvalue weighted by Crippen LogP contribution is 2.32. The molecule has 0 bridgehead atoms. The van der Waals surface area contributed by atoms with Gasteiger partial charge in [-0.25, -0.2) is 13.6 Å². The summed E-state index contributed by atoms with van der Waals surface area (Å²) in [6, 6.07) is 2.31. The van der Waals surface area contributed by atoms with Gasteiger partial charge < -0.3 is 11.1 Å². The fourth-order valence-corrected chi connectivity index (χ4v) is 2.33. The van der Waals surface area contributed by atoms with Crippen molar-refractivity contribution in [2.75, 3.05) is 5.32 Å². The Bertz CT molecular complexity index is 522. The van der Waals surface area contributed by atoms with Gasteiger partial charge in [0.15, 0.2) is 5.11 Å². The Morgan fingerprint density at radius 1 is 1.31 bits per heavy atom. The first-order chi connectivity index (χ1) is 7.21. The van der Waals surface area contributed by atoms with Crippen LogP contribution in [0.3, 0.4) is 0 Å². The van der Waals surface area contributed by atoms with Gasteiger partial charge in [-0.05, 0) is 24.4 Å². The molecule has 1 aromatic carbocycles. The number of hydrogen-bond donors (Lipinski definition) is 3. The van der Waals surface area contributed by atoms with Crippen LogP contribution < -0.4 is 16.2 Å². The van der Waals surface area contributed by atoms with Gasteiger partial charge in [0.2, 0.25) is 10.0 Å². The second-order valence-electron chi connectivity index (χ2n) is 2.80. The van der Waals surface area contributed by atoms with Crippen LogP contribution in [0.1, 0.15) is 0 Å². The molecule has 0 aliphatic carbocycles. The number of nitrogens with one attached hydrogen (secondary N) is 1. The molecule has 0 aromatic heterocycles. The smallest absolute Gasteiger partial charge is 0.238 e. The Balaban J connectivity index is 3.34. The zero-order valence-corrected chi connectivity index (χ0v) is 10.8. The number of hydrogen-bond acceptors (Lipinski definition) is 3. The third-order valence-corrected chi connectivity index (χ3v) is 3.18. The number of halogens is 2. The first-order valence-corrected chi connectivity index (χ1v) is 6.51. The quantitative estimate of drug-likeness (QED) is 0.715. The van der Waals surface area contributed by atoms with E-state index in [1.54, 1.807) is 0 Å². The Hall–Kier alpha value is -0.600. The fourth-order valence-electron chi connectivity index (χ4n) is 0.957. The van der Waals surface area contributed by atoms with Crippen molar-refractivity contribution < 1.29 is 8.42 Å². The van der Waals surface area contributed by atoms with E-state index in [-0.39, 0.29) is 25.7 Å². The van der Waals surface area contributed by atoms with E-state index in [9.17, 15) is 8.42 Å². The standard InChI is InChI=1S/C7H7Cl2N3O2S2/c8-4-1-3(16(11,13)14)2-5(9)6(4)12-7(10)15/h1-2H,(H3,10,12,15)(H2,11,13,14). The van der Waals surface area contributed by atoms with Gasteiger partial charge in [0.25, 0.3) is 0 Å². The van der Waals surface area contributed by atoms with Crippen LogP contribution in [-0.2, 0) is 10.0 Å². The van der Waals surface area contributed by atoms with Crippen molar-refractivity contribution in [3.05, 3.63) is 22.2 Å². The molecule has 0 saturated heterocycles. The first-order valence-electron chi connectivity index (χ1n) is 3.80. The van der Waals surface area contributed by atoms with Crippen LogP contribution in [-0.4, -0.2) is 13.5 Å². The highest BCUT2D eigenvalue weighted by Gasteiger charge is 2.14. The summed E-state index contributed by atoms with van der Waals surface area (Å²) < 4.78 is 22.1. The maximum absolute atomic E-state index is 11.1. The molecule has 5 nitrogen and oxygen atoms in total. The van der Waals surface area contributed by atoms with Gasteiger partial charge in [0.05, 0.1) is 20.6 Å². The molecule has 0 fully saturated rings. The summed E-state index contributed by atoms with van der Waals surface area (Å²) in [5.74, 6) is 0. The Kier molecular flexibility index (Phi) is 3.97. The Morgan fingerprint density at radius 2 is 1.75 bits per heavy atom. The number of thiocarbonyl (C=S) groups is 1. The molecule has 0 atom stereocenters. The molecule has 0 saturated carbocycles. The number of rotatable bonds is 2. The van der Waals surface area contributed by atoms with Crippen LogP contribution in [0, 0.1) is 0 Å². The normalized spacial score (nSPS) is 11.2. The van der Waals surface area contributed by atoms with Crippen LogP contribution in [0.4, 0.5) is 5.69 Å². The molecule has 9 heteroatoms. The summed E-state index contributed by atoms with van der Waals surface area (Å²) in [6.45, 7) is 0. The van der Waals surface area contributed by atoms with Gasteiger partial charge in [0, 0.05) is 0 Å². The lowest BCUT2D eigenvalue weighted by Gasteiger charge is -2.10. The lowest BCUT2D eigenvalue weighted by atomic mass is 10.3. The highest BCUT2D eigenvalue weighted by molar-refractivity contribution is 7.89. The van der Waals surface area contributed by atoms with Gasteiger partial charge in [-0.3, -0.25) is 0 Å². The molecule has 16 heavy (non-hydrogen) atoms. The number of anilines is 1. The van der Waals surface area contributed by atoms with E-state index in [1.807, 2.05) is 0 Å². The average Bonchev–Trinajstić information content (AvgIpc) is 2.09. The minimum absolute atomic E-state index is 0.0350. The molecule has 0 radical (unpaired) electrons. The maximum atomic E-state index is 11.1. The summed E-state index contributed by atoms with van der Waals surface area (Å²) >= 11 is 16.2. The molecule has 1 rings (SSSR count). The van der Waals surface area contributed by atoms with Crippen molar-refractivity contribution in [2.45, 2.75) is 4.90 Å². The zero-order valence-electron chi connectivity index (χ0n) is 7.70. The minimum atomic E-state index is -3.85. The number of sulfonamides is 1. The van der Waals surface area contributed by atoms with Crippen LogP contribution in [0.15, 0.2) is 17.0 Å². The molecule has 0 aliphatic heterocycles. The van der Waals surface area contributed by atoms with Crippen LogP contribution in [0.25, 0.3) is 0 Å². The zero-order chi connectivity index (χ0) is 12.5. The molecule has 0 aliphatic rings. The third kappa shape index (κ3) is 3.19. The summed E-state index contributed by atoms with van der Waals surface area (Å²) in [5.41, 5.74) is 5.49. The molecule has 1 aromatic rings. The minimum Gasteiger partial charge on any atom is -0.376 e. The van der Waals surface area contributed by atoms with Crippen molar-refractivity contribution in [3.63, 3.8) is 0 Å². The lowest BCUT2D eigenvalue weighted by molar-refractivity contribution is 0.598. The van der Waals surface area contributed by atoms with E-state index in [4.69, 9.17) is 34.1 Å². The van der Waals surface area contributed by atoms with Crippen LogP contribution in [0.2, 0.25) is 10.0 Å². The number of benzene rings is 1. The predicted molar refractivity (Wildman–Crippen MR) is 68.2 cm³/mol. The van der Waals surface area contributed by atoms with E-state index in [0.717, 1.165) is 12.1 Å².